The fraction of sp³-hybridized carbons (Fsp3) is 0.667. The Kier molecular flexibility index (Phi) is 5.00. The molecule has 0 aliphatic heterocycles. The van der Waals surface area contributed by atoms with Crippen molar-refractivity contribution in [1.29, 1.82) is 0 Å². The second-order valence-corrected chi connectivity index (χ2v) is 5.22. The van der Waals surface area contributed by atoms with Crippen molar-refractivity contribution in [3.8, 4) is 0 Å². The summed E-state index contributed by atoms with van der Waals surface area (Å²) in [5.41, 5.74) is 2.32. The van der Waals surface area contributed by atoms with E-state index in [0.717, 1.165) is 18.7 Å². The summed E-state index contributed by atoms with van der Waals surface area (Å²) in [7, 11) is 0. The molecule has 1 aliphatic carbocycles. The van der Waals surface area contributed by atoms with Gasteiger partial charge in [-0.1, -0.05) is 26.2 Å². The van der Waals surface area contributed by atoms with Gasteiger partial charge in [-0.2, -0.15) is 0 Å². The van der Waals surface area contributed by atoms with Gasteiger partial charge < -0.3 is 9.67 Å². The molecule has 0 atom stereocenters. The van der Waals surface area contributed by atoms with Gasteiger partial charge in [0.1, 0.15) is 0 Å². The first-order valence-corrected chi connectivity index (χ1v) is 7.16. The largest absolute Gasteiger partial charge is 0.392 e. The van der Waals surface area contributed by atoms with Gasteiger partial charge in [-0.3, -0.25) is 0 Å². The molecule has 1 aromatic heterocycles. The normalized spacial score (nSPS) is 18.2. The Morgan fingerprint density at radius 1 is 1.44 bits per heavy atom. The van der Waals surface area contributed by atoms with E-state index >= 15 is 0 Å². The predicted molar refractivity (Wildman–Crippen MR) is 74.2 cm³/mol. The Morgan fingerprint density at radius 2 is 2.22 bits per heavy atom. The summed E-state index contributed by atoms with van der Waals surface area (Å²) in [5.74, 6) is 0.578. The number of hydrogen-bond donors (Lipinski definition) is 1. The Bertz CT molecular complexity index is 389. The number of nitrogens with zero attached hydrogens (tertiary/aromatic N) is 2. The van der Waals surface area contributed by atoms with Gasteiger partial charge >= 0.3 is 0 Å². The van der Waals surface area contributed by atoms with Crippen molar-refractivity contribution in [1.82, 2.24) is 9.55 Å². The standard InChI is InChI=1S/C15H24N2O/c1-2-8-17-12-16-10-15(17)9-14(11-18)13-6-4-3-5-7-13/h9-10,12-13,18H,2-8,11H2,1H3. The van der Waals surface area contributed by atoms with Crippen LogP contribution in [-0.2, 0) is 6.54 Å². The van der Waals surface area contributed by atoms with E-state index in [4.69, 9.17) is 0 Å². The molecule has 0 unspecified atom stereocenters. The van der Waals surface area contributed by atoms with Crippen LogP contribution in [0.15, 0.2) is 18.1 Å². The number of rotatable bonds is 5. The van der Waals surface area contributed by atoms with Crippen molar-refractivity contribution in [3.05, 3.63) is 23.8 Å². The Hall–Kier alpha value is -1.09. The smallest absolute Gasteiger partial charge is 0.0950 e. The fourth-order valence-electron chi connectivity index (χ4n) is 2.83. The van der Waals surface area contributed by atoms with Gasteiger partial charge in [0, 0.05) is 6.54 Å². The first-order chi connectivity index (χ1) is 8.85. The third-order valence-corrected chi connectivity index (χ3v) is 3.85. The third-order valence-electron chi connectivity index (χ3n) is 3.85. The highest BCUT2D eigenvalue weighted by molar-refractivity contribution is 5.49. The topological polar surface area (TPSA) is 38.0 Å². The lowest BCUT2D eigenvalue weighted by molar-refractivity contribution is 0.295. The zero-order valence-electron chi connectivity index (χ0n) is 11.3. The summed E-state index contributed by atoms with van der Waals surface area (Å²) in [6, 6.07) is 0. The zero-order valence-corrected chi connectivity index (χ0v) is 11.3. The molecule has 0 bridgehead atoms. The van der Waals surface area contributed by atoms with E-state index < -0.39 is 0 Å². The Labute approximate surface area is 110 Å². The van der Waals surface area contributed by atoms with Gasteiger partial charge in [0.15, 0.2) is 0 Å². The number of aryl methyl sites for hydroxylation is 1. The van der Waals surface area contributed by atoms with Crippen LogP contribution >= 0.6 is 0 Å². The highest BCUT2D eigenvalue weighted by atomic mass is 16.3. The van der Waals surface area contributed by atoms with Crippen LogP contribution in [0.3, 0.4) is 0 Å². The quantitative estimate of drug-likeness (QED) is 0.868. The van der Waals surface area contributed by atoms with E-state index in [2.05, 4.69) is 22.6 Å². The van der Waals surface area contributed by atoms with Crippen LogP contribution in [0.25, 0.3) is 6.08 Å². The lowest BCUT2D eigenvalue weighted by Gasteiger charge is -2.23. The molecule has 1 aliphatic rings. The predicted octanol–water partition coefficient (Wildman–Crippen LogP) is 3.25. The van der Waals surface area contributed by atoms with Crippen molar-refractivity contribution in [2.45, 2.75) is 52.0 Å². The third kappa shape index (κ3) is 3.22. The monoisotopic (exact) mass is 248 g/mol. The van der Waals surface area contributed by atoms with E-state index in [1.54, 1.807) is 0 Å². The van der Waals surface area contributed by atoms with Gasteiger partial charge in [-0.05, 0) is 36.8 Å². The molecule has 18 heavy (non-hydrogen) atoms. The highest BCUT2D eigenvalue weighted by Crippen LogP contribution is 2.30. The first-order valence-electron chi connectivity index (χ1n) is 7.16. The van der Waals surface area contributed by atoms with Gasteiger partial charge in [0.25, 0.3) is 0 Å². The van der Waals surface area contributed by atoms with Gasteiger partial charge in [0.2, 0.25) is 0 Å². The van der Waals surface area contributed by atoms with Crippen molar-refractivity contribution in [2.75, 3.05) is 6.61 Å². The molecule has 0 radical (unpaired) electrons. The van der Waals surface area contributed by atoms with Gasteiger partial charge in [0.05, 0.1) is 24.8 Å². The Morgan fingerprint density at radius 3 is 2.89 bits per heavy atom. The van der Waals surface area contributed by atoms with Crippen molar-refractivity contribution in [2.24, 2.45) is 5.92 Å². The number of aliphatic hydroxyl groups is 1. The van der Waals surface area contributed by atoms with Crippen LogP contribution in [0.1, 0.15) is 51.1 Å². The number of hydrogen-bond acceptors (Lipinski definition) is 2. The molecule has 1 fully saturated rings. The number of aromatic nitrogens is 2. The van der Waals surface area contributed by atoms with E-state index in [9.17, 15) is 5.11 Å². The van der Waals surface area contributed by atoms with E-state index in [1.807, 2.05) is 12.5 Å². The molecule has 0 spiro atoms. The molecular weight excluding hydrogens is 224 g/mol. The van der Waals surface area contributed by atoms with Crippen molar-refractivity contribution < 1.29 is 5.11 Å². The second-order valence-electron chi connectivity index (χ2n) is 5.22. The fourth-order valence-corrected chi connectivity index (χ4v) is 2.83. The molecule has 1 heterocycles. The molecule has 1 N–H and O–H groups in total. The van der Waals surface area contributed by atoms with Gasteiger partial charge in [-0.25, -0.2) is 4.98 Å². The molecule has 0 saturated heterocycles. The minimum absolute atomic E-state index is 0.183. The van der Waals surface area contributed by atoms with Crippen LogP contribution in [0.4, 0.5) is 0 Å². The minimum atomic E-state index is 0.183. The first kappa shape index (κ1) is 13.3. The summed E-state index contributed by atoms with van der Waals surface area (Å²) >= 11 is 0. The molecule has 1 aromatic rings. The molecular formula is C15H24N2O. The summed E-state index contributed by atoms with van der Waals surface area (Å²) in [6.07, 6.45) is 13.4. The van der Waals surface area contributed by atoms with Crippen LogP contribution in [0.2, 0.25) is 0 Å². The molecule has 2 rings (SSSR count). The molecule has 1 saturated carbocycles. The van der Waals surface area contributed by atoms with Crippen LogP contribution in [-0.4, -0.2) is 21.3 Å². The second kappa shape index (κ2) is 6.74. The Balaban J connectivity index is 2.14. The summed E-state index contributed by atoms with van der Waals surface area (Å²) in [4.78, 5) is 4.21. The van der Waals surface area contributed by atoms with E-state index in [-0.39, 0.29) is 6.61 Å². The maximum atomic E-state index is 9.60. The minimum Gasteiger partial charge on any atom is -0.392 e. The molecule has 100 valence electrons. The molecule has 3 heteroatoms. The SMILES string of the molecule is CCCn1cncc1C=C(CO)C1CCCCC1. The maximum Gasteiger partial charge on any atom is 0.0950 e. The molecule has 0 amide bonds. The van der Waals surface area contributed by atoms with Crippen molar-refractivity contribution in [3.63, 3.8) is 0 Å². The highest BCUT2D eigenvalue weighted by Gasteiger charge is 2.17. The van der Waals surface area contributed by atoms with Crippen LogP contribution in [0.5, 0.6) is 0 Å². The average Bonchev–Trinajstić information content (AvgIpc) is 2.85. The zero-order chi connectivity index (χ0) is 12.8. The lowest BCUT2D eigenvalue weighted by atomic mass is 9.83. The average molecular weight is 248 g/mol. The summed E-state index contributed by atoms with van der Waals surface area (Å²) in [5, 5.41) is 9.60. The maximum absolute atomic E-state index is 9.60. The van der Waals surface area contributed by atoms with Crippen LogP contribution in [0, 0.1) is 5.92 Å². The molecule has 3 nitrogen and oxygen atoms in total. The lowest BCUT2D eigenvalue weighted by Crippen LogP contribution is -2.12. The number of imidazole rings is 1. The van der Waals surface area contributed by atoms with E-state index in [1.165, 1.54) is 37.7 Å². The molecule has 0 aromatic carbocycles. The number of aliphatic hydroxyl groups excluding tert-OH is 1. The summed E-state index contributed by atoms with van der Waals surface area (Å²) in [6.45, 7) is 3.35. The van der Waals surface area contributed by atoms with Crippen molar-refractivity contribution >= 4 is 6.08 Å². The van der Waals surface area contributed by atoms with Crippen LogP contribution < -0.4 is 0 Å². The summed E-state index contributed by atoms with van der Waals surface area (Å²) < 4.78 is 2.17. The van der Waals surface area contributed by atoms with Gasteiger partial charge in [-0.15, -0.1) is 0 Å². The van der Waals surface area contributed by atoms with E-state index in [0.29, 0.717) is 5.92 Å².